The predicted molar refractivity (Wildman–Crippen MR) is 247 cm³/mol. The molecule has 8 aromatic carbocycles. The molecule has 0 saturated heterocycles. The van der Waals surface area contributed by atoms with Crippen LogP contribution in [-0.2, 0) is 0 Å². The van der Waals surface area contributed by atoms with Gasteiger partial charge in [0.2, 0.25) is 5.95 Å². The first kappa shape index (κ1) is 36.5. The van der Waals surface area contributed by atoms with E-state index in [-0.39, 0.29) is 0 Å². The third-order valence-electron chi connectivity index (χ3n) is 10.8. The summed E-state index contributed by atoms with van der Waals surface area (Å²) in [6, 6.07) is 71.0. The van der Waals surface area contributed by atoms with Crippen molar-refractivity contribution in [2.75, 3.05) is 0 Å². The first-order valence-corrected chi connectivity index (χ1v) is 20.4. The normalized spacial score (nSPS) is 11.2. The summed E-state index contributed by atoms with van der Waals surface area (Å²) in [6.45, 7) is 0. The van der Waals surface area contributed by atoms with Crippen LogP contribution in [0.25, 0.3) is 95.8 Å². The fraction of sp³-hybridized carbons (Fsp3) is 0. The highest BCUT2D eigenvalue weighted by Gasteiger charge is 2.19. The number of fused-ring (bicyclic) bond motifs is 3. The number of nitrogens with zero attached hydrogens (tertiary/aromatic N) is 7. The molecule has 11 aromatic rings. The van der Waals surface area contributed by atoms with Crippen LogP contribution in [0.5, 0.6) is 11.5 Å². The van der Waals surface area contributed by atoms with Crippen molar-refractivity contribution < 1.29 is 4.74 Å². The Morgan fingerprint density at radius 1 is 0.274 bits per heavy atom. The van der Waals surface area contributed by atoms with E-state index in [4.69, 9.17) is 34.6 Å². The Bertz CT molecular complexity index is 3300. The molecule has 0 bridgehead atoms. The molecule has 0 aliphatic rings. The van der Waals surface area contributed by atoms with Crippen molar-refractivity contribution in [3.8, 4) is 85.5 Å². The molecule has 62 heavy (non-hydrogen) atoms. The topological polar surface area (TPSA) is 91.5 Å². The standard InChI is InChI=1S/C54H35N7O/c1-5-16-36(17-6-1)41-30-33-46-45-26-13-14-27-47(45)61(48(46)35-41)54-59-51(39-22-11-4-12-23-39)58-52(60-54)40-28-31-43(32-29-40)62-44-25-15-24-42(34-44)53-56-49(37-18-7-2-8-19-37)55-50(57-53)38-20-9-3-10-21-38/h1-35H. The lowest BCUT2D eigenvalue weighted by molar-refractivity contribution is 0.483. The Labute approximate surface area is 357 Å². The molecule has 8 nitrogen and oxygen atoms in total. The van der Waals surface area contributed by atoms with Gasteiger partial charge in [-0.1, -0.05) is 164 Å². The summed E-state index contributed by atoms with van der Waals surface area (Å²) in [5.74, 6) is 4.72. The number of aromatic nitrogens is 7. The van der Waals surface area contributed by atoms with E-state index < -0.39 is 0 Å². The van der Waals surface area contributed by atoms with E-state index >= 15 is 0 Å². The Morgan fingerprint density at radius 2 is 0.710 bits per heavy atom. The lowest BCUT2D eigenvalue weighted by atomic mass is 10.0. The van der Waals surface area contributed by atoms with Crippen LogP contribution in [0.4, 0.5) is 0 Å². The molecule has 0 aliphatic heterocycles. The second-order valence-corrected chi connectivity index (χ2v) is 14.8. The quantitative estimate of drug-likeness (QED) is 0.144. The molecule has 0 N–H and O–H groups in total. The van der Waals surface area contributed by atoms with Gasteiger partial charge in [0.25, 0.3) is 0 Å². The summed E-state index contributed by atoms with van der Waals surface area (Å²) < 4.78 is 8.60. The number of benzene rings is 8. The zero-order chi connectivity index (χ0) is 41.2. The number of para-hydroxylation sites is 1. The lowest BCUT2D eigenvalue weighted by Crippen LogP contribution is -2.06. The molecule has 0 spiro atoms. The molecule has 0 aliphatic carbocycles. The van der Waals surface area contributed by atoms with Crippen molar-refractivity contribution in [1.29, 1.82) is 0 Å². The van der Waals surface area contributed by atoms with Crippen LogP contribution >= 0.6 is 0 Å². The third kappa shape index (κ3) is 7.12. The van der Waals surface area contributed by atoms with Gasteiger partial charge in [-0.15, -0.1) is 0 Å². The molecule has 292 valence electrons. The van der Waals surface area contributed by atoms with Gasteiger partial charge in [-0.25, -0.2) is 19.9 Å². The first-order chi connectivity index (χ1) is 30.7. The van der Waals surface area contributed by atoms with Gasteiger partial charge in [-0.2, -0.15) is 9.97 Å². The summed E-state index contributed by atoms with van der Waals surface area (Å²) in [5.41, 5.74) is 8.63. The van der Waals surface area contributed by atoms with Gasteiger partial charge in [0.05, 0.1) is 11.0 Å². The Kier molecular flexibility index (Phi) is 9.33. The number of hydrogen-bond donors (Lipinski definition) is 0. The average Bonchev–Trinajstić information content (AvgIpc) is 3.69. The van der Waals surface area contributed by atoms with Crippen molar-refractivity contribution in [3.05, 3.63) is 212 Å². The minimum atomic E-state index is 0.534. The summed E-state index contributed by atoms with van der Waals surface area (Å²) in [7, 11) is 0. The van der Waals surface area contributed by atoms with E-state index in [0.29, 0.717) is 46.6 Å². The molecular weight excluding hydrogens is 763 g/mol. The third-order valence-corrected chi connectivity index (χ3v) is 10.8. The van der Waals surface area contributed by atoms with Crippen LogP contribution in [0.1, 0.15) is 0 Å². The van der Waals surface area contributed by atoms with Crippen LogP contribution in [0.15, 0.2) is 212 Å². The highest BCUT2D eigenvalue weighted by molar-refractivity contribution is 6.10. The molecule has 0 amide bonds. The van der Waals surface area contributed by atoms with Crippen LogP contribution in [0, 0.1) is 0 Å². The number of rotatable bonds is 9. The Balaban J connectivity index is 0.956. The van der Waals surface area contributed by atoms with Gasteiger partial charge in [0.1, 0.15) is 11.5 Å². The highest BCUT2D eigenvalue weighted by Crippen LogP contribution is 2.36. The first-order valence-electron chi connectivity index (χ1n) is 20.4. The zero-order valence-electron chi connectivity index (χ0n) is 33.2. The maximum atomic E-state index is 6.45. The summed E-state index contributed by atoms with van der Waals surface area (Å²) in [5, 5.41) is 2.25. The number of ether oxygens (including phenoxy) is 1. The Hall–Kier alpha value is -8.62. The molecule has 11 rings (SSSR count). The maximum absolute atomic E-state index is 6.45. The van der Waals surface area contributed by atoms with E-state index in [1.165, 1.54) is 0 Å². The van der Waals surface area contributed by atoms with E-state index in [0.717, 1.165) is 60.8 Å². The second kappa shape index (κ2) is 15.9. The average molecular weight is 798 g/mol. The summed E-state index contributed by atoms with van der Waals surface area (Å²) in [4.78, 5) is 30.0. The fourth-order valence-corrected chi connectivity index (χ4v) is 7.75. The van der Waals surface area contributed by atoms with Gasteiger partial charge in [0.15, 0.2) is 29.1 Å². The lowest BCUT2D eigenvalue weighted by Gasteiger charge is -2.12. The molecule has 3 heterocycles. The second-order valence-electron chi connectivity index (χ2n) is 14.8. The van der Waals surface area contributed by atoms with E-state index in [1.54, 1.807) is 0 Å². The molecular formula is C54H35N7O. The molecule has 0 fully saturated rings. The predicted octanol–water partition coefficient (Wildman–Crippen LogP) is 12.9. The van der Waals surface area contributed by atoms with Crippen molar-refractivity contribution in [2.24, 2.45) is 0 Å². The van der Waals surface area contributed by atoms with Crippen LogP contribution in [-0.4, -0.2) is 34.5 Å². The van der Waals surface area contributed by atoms with Crippen LogP contribution < -0.4 is 4.74 Å². The minimum Gasteiger partial charge on any atom is -0.457 e. The van der Waals surface area contributed by atoms with Crippen molar-refractivity contribution in [2.45, 2.75) is 0 Å². The smallest absolute Gasteiger partial charge is 0.238 e. The Morgan fingerprint density at radius 3 is 1.29 bits per heavy atom. The minimum absolute atomic E-state index is 0.534. The van der Waals surface area contributed by atoms with Gasteiger partial charge in [-0.3, -0.25) is 4.57 Å². The number of hydrogen-bond acceptors (Lipinski definition) is 7. The van der Waals surface area contributed by atoms with Crippen LogP contribution in [0.3, 0.4) is 0 Å². The molecule has 0 unspecified atom stereocenters. The van der Waals surface area contributed by atoms with E-state index in [9.17, 15) is 0 Å². The van der Waals surface area contributed by atoms with Crippen LogP contribution in [0.2, 0.25) is 0 Å². The molecule has 0 atom stereocenters. The molecule has 0 saturated carbocycles. The maximum Gasteiger partial charge on any atom is 0.238 e. The van der Waals surface area contributed by atoms with Crippen molar-refractivity contribution in [3.63, 3.8) is 0 Å². The van der Waals surface area contributed by atoms with Gasteiger partial charge >= 0.3 is 0 Å². The summed E-state index contributed by atoms with van der Waals surface area (Å²) >= 11 is 0. The molecule has 8 heteroatoms. The van der Waals surface area contributed by atoms with Gasteiger partial charge < -0.3 is 4.74 Å². The van der Waals surface area contributed by atoms with Crippen molar-refractivity contribution >= 4 is 21.8 Å². The van der Waals surface area contributed by atoms with Gasteiger partial charge in [-0.05, 0) is 59.7 Å². The SMILES string of the molecule is c1ccc(-c2ccc3c4ccccc4n(-c4nc(-c5ccccc5)nc(-c5ccc(Oc6cccc(-c7nc(-c8ccccc8)nc(-c8ccccc8)n7)c6)cc5)n4)c3c2)cc1. The fourth-order valence-electron chi connectivity index (χ4n) is 7.75. The van der Waals surface area contributed by atoms with Crippen molar-refractivity contribution in [1.82, 2.24) is 34.5 Å². The molecule has 3 aromatic heterocycles. The van der Waals surface area contributed by atoms with E-state index in [1.807, 2.05) is 146 Å². The molecule has 0 radical (unpaired) electrons. The highest BCUT2D eigenvalue weighted by atomic mass is 16.5. The van der Waals surface area contributed by atoms with E-state index in [2.05, 4.69) is 71.3 Å². The van der Waals surface area contributed by atoms with Gasteiger partial charge in [0, 0.05) is 38.6 Å². The monoisotopic (exact) mass is 797 g/mol. The largest absolute Gasteiger partial charge is 0.457 e. The summed E-state index contributed by atoms with van der Waals surface area (Å²) in [6.07, 6.45) is 0. The zero-order valence-corrected chi connectivity index (χ0v) is 33.2.